The minimum Gasteiger partial charge on any atom is -0.454 e. The minimum atomic E-state index is -0.347. The lowest BCUT2D eigenvalue weighted by atomic mass is 9.69. The Morgan fingerprint density at radius 2 is 1.12 bits per heavy atom. The lowest BCUT2D eigenvalue weighted by molar-refractivity contribution is -0.0891. The molecule has 2 aromatic rings. The van der Waals surface area contributed by atoms with E-state index in [9.17, 15) is 9.59 Å². The zero-order chi connectivity index (χ0) is 22.0. The number of aryl methyl sites for hydroxylation is 2. The van der Waals surface area contributed by atoms with Crippen molar-refractivity contribution < 1.29 is 19.1 Å². The van der Waals surface area contributed by atoms with Gasteiger partial charge >= 0.3 is 11.9 Å². The number of carbonyl (C=O) groups is 2. The van der Waals surface area contributed by atoms with Crippen LogP contribution in [0.2, 0.25) is 0 Å². The fourth-order valence-corrected chi connectivity index (χ4v) is 7.76. The van der Waals surface area contributed by atoms with E-state index < -0.39 is 0 Å². The fraction of sp³-hybridized carbons (Fsp3) is 0.500. The van der Waals surface area contributed by atoms with E-state index in [2.05, 4.69) is 0 Å². The molecule has 4 saturated carbocycles. The summed E-state index contributed by atoms with van der Waals surface area (Å²) < 4.78 is 12.4. The van der Waals surface area contributed by atoms with E-state index in [1.54, 1.807) is 0 Å². The molecule has 166 valence electrons. The van der Waals surface area contributed by atoms with Gasteiger partial charge in [0.1, 0.15) is 12.2 Å². The zero-order valence-electron chi connectivity index (χ0n) is 18.7. The van der Waals surface area contributed by atoms with Crippen molar-refractivity contribution in [3.05, 3.63) is 70.8 Å². The van der Waals surface area contributed by atoms with E-state index in [4.69, 9.17) is 9.47 Å². The van der Waals surface area contributed by atoms with Crippen LogP contribution in [0.3, 0.4) is 0 Å². The van der Waals surface area contributed by atoms with Gasteiger partial charge in [-0.15, -0.1) is 0 Å². The first-order valence-electron chi connectivity index (χ1n) is 12.1. The molecule has 4 bridgehead atoms. The van der Waals surface area contributed by atoms with Crippen molar-refractivity contribution in [3.63, 3.8) is 0 Å². The van der Waals surface area contributed by atoms with Crippen molar-refractivity contribution in [1.29, 1.82) is 0 Å². The first kappa shape index (κ1) is 20.0. The maximum Gasteiger partial charge on any atom is 0.338 e. The fourth-order valence-electron chi connectivity index (χ4n) is 7.76. The normalized spacial score (nSPS) is 36.2. The summed E-state index contributed by atoms with van der Waals surface area (Å²) in [5.41, 5.74) is 3.02. The molecular formula is C28H30O4. The maximum absolute atomic E-state index is 13.1. The molecule has 4 fully saturated rings. The van der Waals surface area contributed by atoms with Gasteiger partial charge in [-0.2, -0.15) is 0 Å². The average Bonchev–Trinajstić information content (AvgIpc) is 3.55. The third kappa shape index (κ3) is 2.95. The highest BCUT2D eigenvalue weighted by atomic mass is 16.6. The smallest absolute Gasteiger partial charge is 0.338 e. The standard InChI is InChI=1S/C28H30O4/c1-15-7-3-5-9-19(15)27(29)31-25-21-14-22(24-18-12-11-17(13-18)23(21)24)26(25)32-28(30)20-10-6-4-8-16(20)2/h3-10,17-18,21-26H,11-14H2,1-2H3. The number of esters is 2. The Morgan fingerprint density at radius 1 is 0.688 bits per heavy atom. The number of carbonyl (C=O) groups excluding carboxylic acids is 2. The summed E-state index contributed by atoms with van der Waals surface area (Å²) in [6.45, 7) is 3.86. The van der Waals surface area contributed by atoms with Crippen LogP contribution in [0, 0.1) is 49.4 Å². The quantitative estimate of drug-likeness (QED) is 0.484. The molecule has 8 atom stereocenters. The van der Waals surface area contributed by atoms with Gasteiger partial charge in [-0.05, 0) is 86.5 Å². The van der Waals surface area contributed by atoms with Crippen LogP contribution in [-0.4, -0.2) is 24.1 Å². The number of rotatable bonds is 4. The zero-order valence-corrected chi connectivity index (χ0v) is 18.7. The second-order valence-corrected chi connectivity index (χ2v) is 10.4. The Kier molecular flexibility index (Phi) is 4.67. The lowest BCUT2D eigenvalue weighted by Crippen LogP contribution is -2.48. The number of fused-ring (bicyclic) bond motifs is 9. The monoisotopic (exact) mass is 430 g/mol. The van der Waals surface area contributed by atoms with Gasteiger partial charge in [0, 0.05) is 11.8 Å². The van der Waals surface area contributed by atoms with E-state index >= 15 is 0 Å². The van der Waals surface area contributed by atoms with Gasteiger partial charge in [0.05, 0.1) is 11.1 Å². The highest BCUT2D eigenvalue weighted by Crippen LogP contribution is 2.68. The summed E-state index contributed by atoms with van der Waals surface area (Å²) >= 11 is 0. The van der Waals surface area contributed by atoms with Crippen molar-refractivity contribution in [2.45, 2.75) is 51.7 Å². The van der Waals surface area contributed by atoms with Crippen LogP contribution >= 0.6 is 0 Å². The van der Waals surface area contributed by atoms with Gasteiger partial charge < -0.3 is 9.47 Å². The van der Waals surface area contributed by atoms with Gasteiger partial charge in [0.15, 0.2) is 0 Å². The van der Waals surface area contributed by atoms with E-state index in [0.717, 1.165) is 29.4 Å². The van der Waals surface area contributed by atoms with Gasteiger partial charge in [-0.1, -0.05) is 36.4 Å². The van der Waals surface area contributed by atoms with Crippen molar-refractivity contribution in [2.75, 3.05) is 0 Å². The Bertz CT molecular complexity index is 991. The predicted molar refractivity (Wildman–Crippen MR) is 120 cm³/mol. The lowest BCUT2D eigenvalue weighted by Gasteiger charge is -2.42. The van der Waals surface area contributed by atoms with E-state index in [1.807, 2.05) is 62.4 Å². The number of hydrogen-bond donors (Lipinski definition) is 0. The van der Waals surface area contributed by atoms with Gasteiger partial charge in [-0.25, -0.2) is 9.59 Å². The molecule has 4 aliphatic rings. The molecule has 8 unspecified atom stereocenters. The van der Waals surface area contributed by atoms with Crippen molar-refractivity contribution >= 4 is 11.9 Å². The van der Waals surface area contributed by atoms with Crippen LogP contribution in [0.15, 0.2) is 48.5 Å². The summed E-state index contributed by atoms with van der Waals surface area (Å²) in [4.78, 5) is 26.3. The molecule has 0 radical (unpaired) electrons. The molecule has 0 spiro atoms. The van der Waals surface area contributed by atoms with E-state index in [-0.39, 0.29) is 24.1 Å². The molecule has 4 aliphatic carbocycles. The molecule has 2 aromatic carbocycles. The molecule has 0 saturated heterocycles. The number of ether oxygens (including phenoxy) is 2. The maximum atomic E-state index is 13.1. The summed E-state index contributed by atoms with van der Waals surface area (Å²) in [5.74, 6) is 2.80. The van der Waals surface area contributed by atoms with Gasteiger partial charge in [0.2, 0.25) is 0 Å². The first-order valence-corrected chi connectivity index (χ1v) is 12.1. The molecule has 0 heterocycles. The second kappa shape index (κ2) is 7.47. The third-order valence-electron chi connectivity index (χ3n) is 8.96. The summed E-state index contributed by atoms with van der Waals surface area (Å²) in [6.07, 6.45) is 4.24. The number of benzene rings is 2. The minimum absolute atomic E-state index is 0.294. The van der Waals surface area contributed by atoms with Crippen LogP contribution < -0.4 is 0 Å². The third-order valence-corrected chi connectivity index (χ3v) is 8.96. The largest absolute Gasteiger partial charge is 0.454 e. The van der Waals surface area contributed by atoms with Gasteiger partial charge in [-0.3, -0.25) is 0 Å². The molecule has 32 heavy (non-hydrogen) atoms. The van der Waals surface area contributed by atoms with Crippen molar-refractivity contribution in [3.8, 4) is 0 Å². The molecule has 6 rings (SSSR count). The van der Waals surface area contributed by atoms with Gasteiger partial charge in [0.25, 0.3) is 0 Å². The molecule has 4 nitrogen and oxygen atoms in total. The van der Waals surface area contributed by atoms with Crippen LogP contribution in [0.5, 0.6) is 0 Å². The molecule has 0 N–H and O–H groups in total. The molecule has 0 aliphatic heterocycles. The highest BCUT2D eigenvalue weighted by molar-refractivity contribution is 5.92. The topological polar surface area (TPSA) is 52.6 Å². The second-order valence-electron chi connectivity index (χ2n) is 10.4. The average molecular weight is 431 g/mol. The van der Waals surface area contributed by atoms with E-state index in [0.29, 0.717) is 34.8 Å². The Balaban J connectivity index is 1.30. The van der Waals surface area contributed by atoms with Crippen LogP contribution in [-0.2, 0) is 9.47 Å². The Hall–Kier alpha value is -2.62. The summed E-state index contributed by atoms with van der Waals surface area (Å²) in [7, 11) is 0. The first-order chi connectivity index (χ1) is 15.5. The summed E-state index contributed by atoms with van der Waals surface area (Å²) in [6, 6.07) is 15.1. The molecule has 0 aromatic heterocycles. The molecular weight excluding hydrogens is 400 g/mol. The highest BCUT2D eigenvalue weighted by Gasteiger charge is 2.68. The van der Waals surface area contributed by atoms with Crippen LogP contribution in [0.4, 0.5) is 0 Å². The number of hydrogen-bond acceptors (Lipinski definition) is 4. The van der Waals surface area contributed by atoms with Crippen LogP contribution in [0.1, 0.15) is 57.5 Å². The molecule has 0 amide bonds. The Labute approximate surface area is 189 Å². The molecule has 4 heteroatoms. The van der Waals surface area contributed by atoms with E-state index in [1.165, 1.54) is 19.3 Å². The van der Waals surface area contributed by atoms with Crippen molar-refractivity contribution in [2.24, 2.45) is 35.5 Å². The van der Waals surface area contributed by atoms with Crippen molar-refractivity contribution in [1.82, 2.24) is 0 Å². The summed E-state index contributed by atoms with van der Waals surface area (Å²) in [5, 5.41) is 0. The SMILES string of the molecule is Cc1ccccc1C(=O)OC1C2CC(C1OC(=O)c1ccccc1C)C1C3CCC(C3)C21. The Morgan fingerprint density at radius 3 is 1.56 bits per heavy atom. The van der Waals surface area contributed by atoms with Crippen LogP contribution in [0.25, 0.3) is 0 Å². The predicted octanol–water partition coefficient (Wildman–Crippen LogP) is 5.37.